The molecule has 0 N–H and O–H groups in total. The molecular formula is C20H13F4N3O2. The molecule has 0 radical (unpaired) electrons. The maximum Gasteiger partial charge on any atom is 0.261 e. The number of halogens is 4. The van der Waals surface area contributed by atoms with Crippen LogP contribution in [0.5, 0.6) is 5.88 Å². The van der Waals surface area contributed by atoms with Crippen molar-refractivity contribution in [1.82, 2.24) is 14.9 Å². The summed E-state index contributed by atoms with van der Waals surface area (Å²) in [5, 5.41) is 0. The Bertz CT molecular complexity index is 1110. The summed E-state index contributed by atoms with van der Waals surface area (Å²) in [6.07, 6.45) is 1.18. The molecule has 148 valence electrons. The monoisotopic (exact) mass is 403 g/mol. The molecule has 2 heterocycles. The van der Waals surface area contributed by atoms with Crippen LogP contribution in [0.4, 0.5) is 17.6 Å². The van der Waals surface area contributed by atoms with Gasteiger partial charge in [-0.2, -0.15) is 4.98 Å². The highest BCUT2D eigenvalue weighted by Crippen LogP contribution is 2.27. The van der Waals surface area contributed by atoms with Gasteiger partial charge < -0.3 is 9.64 Å². The van der Waals surface area contributed by atoms with E-state index in [1.165, 1.54) is 23.2 Å². The molecule has 9 heteroatoms. The van der Waals surface area contributed by atoms with Crippen molar-refractivity contribution in [3.8, 4) is 17.3 Å². The molecule has 29 heavy (non-hydrogen) atoms. The van der Waals surface area contributed by atoms with Crippen molar-refractivity contribution < 1.29 is 27.1 Å². The van der Waals surface area contributed by atoms with Crippen molar-refractivity contribution in [3.05, 3.63) is 77.0 Å². The van der Waals surface area contributed by atoms with E-state index in [1.807, 2.05) is 0 Å². The van der Waals surface area contributed by atoms with Crippen molar-refractivity contribution in [2.24, 2.45) is 0 Å². The molecular weight excluding hydrogens is 390 g/mol. The fourth-order valence-corrected chi connectivity index (χ4v) is 2.95. The summed E-state index contributed by atoms with van der Waals surface area (Å²) >= 11 is 0. The summed E-state index contributed by atoms with van der Waals surface area (Å²) in [7, 11) is 0. The summed E-state index contributed by atoms with van der Waals surface area (Å²) in [6.45, 7) is 0.0955. The third-order valence-corrected chi connectivity index (χ3v) is 4.42. The van der Waals surface area contributed by atoms with Crippen LogP contribution in [0.25, 0.3) is 11.4 Å². The fraction of sp³-hybridized carbons (Fsp3) is 0.150. The van der Waals surface area contributed by atoms with Crippen LogP contribution in [0.1, 0.15) is 15.9 Å². The number of nitrogens with zero attached hydrogens (tertiary/aromatic N) is 3. The van der Waals surface area contributed by atoms with E-state index in [0.717, 1.165) is 18.2 Å². The summed E-state index contributed by atoms with van der Waals surface area (Å²) < 4.78 is 59.6. The highest BCUT2D eigenvalue weighted by atomic mass is 19.1. The first kappa shape index (κ1) is 18.9. The normalized spacial score (nSPS) is 13.7. The largest absolute Gasteiger partial charge is 0.475 e. The SMILES string of the molecule is O=C1c2cnc(-c3ccc(F)cc3F)nc2OCCN1Cc1ccc(F)cc1F. The average molecular weight is 403 g/mol. The summed E-state index contributed by atoms with van der Waals surface area (Å²) in [5.74, 6) is -3.68. The number of hydrogen-bond acceptors (Lipinski definition) is 4. The van der Waals surface area contributed by atoms with E-state index in [1.54, 1.807) is 0 Å². The molecule has 0 saturated heterocycles. The van der Waals surface area contributed by atoms with Crippen molar-refractivity contribution in [2.75, 3.05) is 13.2 Å². The van der Waals surface area contributed by atoms with E-state index >= 15 is 0 Å². The number of benzene rings is 2. The second-order valence-corrected chi connectivity index (χ2v) is 6.35. The zero-order valence-corrected chi connectivity index (χ0v) is 14.8. The number of ether oxygens (including phenoxy) is 1. The van der Waals surface area contributed by atoms with Gasteiger partial charge in [0, 0.05) is 30.4 Å². The molecule has 4 rings (SSSR count). The van der Waals surface area contributed by atoms with Crippen LogP contribution in [-0.2, 0) is 6.54 Å². The van der Waals surface area contributed by atoms with Crippen molar-refractivity contribution in [1.29, 1.82) is 0 Å². The zero-order valence-electron chi connectivity index (χ0n) is 14.8. The lowest BCUT2D eigenvalue weighted by Gasteiger charge is -2.20. The molecule has 0 saturated carbocycles. The van der Waals surface area contributed by atoms with Crippen LogP contribution in [0.3, 0.4) is 0 Å². The minimum absolute atomic E-state index is 0.0243. The highest BCUT2D eigenvalue weighted by molar-refractivity contribution is 5.96. The molecule has 0 atom stereocenters. The molecule has 1 aliphatic heterocycles. The molecule has 0 unspecified atom stereocenters. The number of rotatable bonds is 3. The summed E-state index contributed by atoms with van der Waals surface area (Å²) in [5.41, 5.74) is 0.130. The van der Waals surface area contributed by atoms with Crippen LogP contribution >= 0.6 is 0 Å². The molecule has 5 nitrogen and oxygen atoms in total. The third kappa shape index (κ3) is 3.75. The van der Waals surface area contributed by atoms with Gasteiger partial charge in [-0.3, -0.25) is 4.79 Å². The van der Waals surface area contributed by atoms with E-state index < -0.39 is 29.2 Å². The van der Waals surface area contributed by atoms with Gasteiger partial charge in [-0.15, -0.1) is 0 Å². The van der Waals surface area contributed by atoms with Gasteiger partial charge in [0.15, 0.2) is 5.82 Å². The molecule has 0 spiro atoms. The Morgan fingerprint density at radius 1 is 0.966 bits per heavy atom. The lowest BCUT2D eigenvalue weighted by atomic mass is 10.1. The van der Waals surface area contributed by atoms with Crippen LogP contribution in [0.15, 0.2) is 42.6 Å². The Morgan fingerprint density at radius 3 is 2.41 bits per heavy atom. The molecule has 1 amide bonds. The van der Waals surface area contributed by atoms with Gasteiger partial charge >= 0.3 is 0 Å². The Hall–Kier alpha value is -3.49. The molecule has 0 bridgehead atoms. The smallest absolute Gasteiger partial charge is 0.261 e. The summed E-state index contributed by atoms with van der Waals surface area (Å²) in [4.78, 5) is 22.2. The molecule has 0 fully saturated rings. The number of aromatic nitrogens is 2. The number of amides is 1. The topological polar surface area (TPSA) is 55.3 Å². The van der Waals surface area contributed by atoms with Gasteiger partial charge in [-0.25, -0.2) is 22.5 Å². The van der Waals surface area contributed by atoms with Crippen molar-refractivity contribution in [3.63, 3.8) is 0 Å². The fourth-order valence-electron chi connectivity index (χ4n) is 2.95. The molecule has 0 aliphatic carbocycles. The number of hydrogen-bond donors (Lipinski definition) is 0. The Kier molecular flexibility index (Phi) is 4.87. The van der Waals surface area contributed by atoms with Crippen molar-refractivity contribution >= 4 is 5.91 Å². The summed E-state index contributed by atoms with van der Waals surface area (Å²) in [6, 6.07) is 6.08. The molecule has 3 aromatic rings. The van der Waals surface area contributed by atoms with Gasteiger partial charge in [0.1, 0.15) is 35.4 Å². The van der Waals surface area contributed by atoms with E-state index in [2.05, 4.69) is 9.97 Å². The molecule has 1 aromatic heterocycles. The van der Waals surface area contributed by atoms with Gasteiger partial charge in [0.25, 0.3) is 5.91 Å². The Morgan fingerprint density at radius 2 is 1.69 bits per heavy atom. The van der Waals surface area contributed by atoms with Crippen LogP contribution in [-0.4, -0.2) is 33.9 Å². The van der Waals surface area contributed by atoms with Gasteiger partial charge in [-0.05, 0) is 18.2 Å². The lowest BCUT2D eigenvalue weighted by molar-refractivity contribution is 0.0741. The van der Waals surface area contributed by atoms with Gasteiger partial charge in [0.2, 0.25) is 5.88 Å². The van der Waals surface area contributed by atoms with E-state index in [9.17, 15) is 22.4 Å². The minimum atomic E-state index is -0.849. The number of fused-ring (bicyclic) bond motifs is 1. The van der Waals surface area contributed by atoms with Crippen LogP contribution < -0.4 is 4.74 Å². The van der Waals surface area contributed by atoms with E-state index in [0.29, 0.717) is 6.07 Å². The predicted octanol–water partition coefficient (Wildman–Crippen LogP) is 3.73. The molecule has 1 aliphatic rings. The first-order chi connectivity index (χ1) is 13.9. The standard InChI is InChI=1S/C20H13F4N3O2/c21-12-2-1-11(16(23)7-12)10-27-5-6-29-19-15(20(27)28)9-25-18(26-19)14-4-3-13(22)8-17(14)24/h1-4,7-9H,5-6,10H2. The van der Waals surface area contributed by atoms with E-state index in [-0.39, 0.29) is 48.1 Å². The number of carbonyl (C=O) groups is 1. The second kappa shape index (κ2) is 7.50. The quantitative estimate of drug-likeness (QED) is 0.626. The third-order valence-electron chi connectivity index (χ3n) is 4.42. The number of carbonyl (C=O) groups excluding carboxylic acids is 1. The van der Waals surface area contributed by atoms with E-state index in [4.69, 9.17) is 4.74 Å². The predicted molar refractivity (Wildman–Crippen MR) is 94.0 cm³/mol. The highest BCUT2D eigenvalue weighted by Gasteiger charge is 2.27. The Labute approximate surface area is 162 Å². The average Bonchev–Trinajstić information content (AvgIpc) is 2.83. The maximum absolute atomic E-state index is 14.0. The van der Waals surface area contributed by atoms with Gasteiger partial charge in [-0.1, -0.05) is 6.07 Å². The first-order valence-corrected chi connectivity index (χ1v) is 8.61. The lowest BCUT2D eigenvalue weighted by Crippen LogP contribution is -2.32. The van der Waals surface area contributed by atoms with Crippen molar-refractivity contribution in [2.45, 2.75) is 6.54 Å². The maximum atomic E-state index is 14.0. The minimum Gasteiger partial charge on any atom is -0.475 e. The molecule has 2 aromatic carbocycles. The second-order valence-electron chi connectivity index (χ2n) is 6.35. The van der Waals surface area contributed by atoms with Crippen LogP contribution in [0.2, 0.25) is 0 Å². The van der Waals surface area contributed by atoms with Gasteiger partial charge in [0.05, 0.1) is 12.1 Å². The van der Waals surface area contributed by atoms with Crippen LogP contribution in [0, 0.1) is 23.3 Å². The first-order valence-electron chi connectivity index (χ1n) is 8.61. The zero-order chi connectivity index (χ0) is 20.5. The Balaban J connectivity index is 1.64.